The van der Waals surface area contributed by atoms with Gasteiger partial charge in [0.15, 0.2) is 11.4 Å². The Bertz CT molecular complexity index is 1980. The van der Waals surface area contributed by atoms with Crippen molar-refractivity contribution >= 4 is 29.7 Å². The molecular formula is C39H37N5O7S. The number of aliphatic hydroxyl groups is 1. The summed E-state index contributed by atoms with van der Waals surface area (Å²) in [5.74, 6) is -0.174. The first-order valence-electron chi connectivity index (χ1n) is 16.9. The summed E-state index contributed by atoms with van der Waals surface area (Å²) in [7, 11) is 0. The van der Waals surface area contributed by atoms with E-state index in [2.05, 4.69) is 20.5 Å². The maximum atomic E-state index is 13.1. The van der Waals surface area contributed by atoms with Crippen LogP contribution in [0.3, 0.4) is 0 Å². The second kappa shape index (κ2) is 16.3. The van der Waals surface area contributed by atoms with E-state index in [1.807, 2.05) is 103 Å². The van der Waals surface area contributed by atoms with E-state index in [0.29, 0.717) is 12.2 Å². The fourth-order valence-corrected chi connectivity index (χ4v) is 6.99. The number of alkyl carbamates (subject to hydrolysis) is 1. The minimum atomic E-state index is -0.976. The van der Waals surface area contributed by atoms with Gasteiger partial charge in [-0.2, -0.15) is 5.10 Å². The lowest BCUT2D eigenvalue weighted by molar-refractivity contribution is -0.245. The van der Waals surface area contributed by atoms with E-state index >= 15 is 0 Å². The van der Waals surface area contributed by atoms with Gasteiger partial charge in [-0.3, -0.25) is 19.6 Å². The number of rotatable bonds is 12. The summed E-state index contributed by atoms with van der Waals surface area (Å²) in [6, 6.07) is 31.6. The molecule has 5 aromatic rings. The molecule has 0 radical (unpaired) electrons. The van der Waals surface area contributed by atoms with Gasteiger partial charge in [0.1, 0.15) is 19.0 Å². The van der Waals surface area contributed by atoms with Crippen LogP contribution in [0.15, 0.2) is 115 Å². The van der Waals surface area contributed by atoms with Gasteiger partial charge in [0.25, 0.3) is 5.91 Å². The van der Waals surface area contributed by atoms with Crippen LogP contribution in [0.1, 0.15) is 53.1 Å². The van der Waals surface area contributed by atoms with Crippen LogP contribution in [-0.4, -0.2) is 61.0 Å². The summed E-state index contributed by atoms with van der Waals surface area (Å²) in [5.41, 5.74) is 6.15. The molecule has 4 atom stereocenters. The number of amides is 3. The van der Waals surface area contributed by atoms with Gasteiger partial charge in [0.05, 0.1) is 31.8 Å². The molecule has 0 bridgehead atoms. The maximum Gasteiger partial charge on any atom is 0.408 e. The molecule has 0 aliphatic carbocycles. The van der Waals surface area contributed by atoms with E-state index in [-0.39, 0.29) is 44.3 Å². The molecule has 4 aromatic carbocycles. The molecule has 2 fully saturated rings. The van der Waals surface area contributed by atoms with Crippen LogP contribution in [-0.2, 0) is 43.6 Å². The Kier molecular flexibility index (Phi) is 11.0. The predicted octanol–water partition coefficient (Wildman–Crippen LogP) is 5.86. The zero-order valence-electron chi connectivity index (χ0n) is 28.1. The summed E-state index contributed by atoms with van der Waals surface area (Å²) >= 11 is 1.54. The third kappa shape index (κ3) is 8.57. The minimum Gasteiger partial charge on any atom is -0.445 e. The number of carbonyl (C=O) groups is 3. The number of nitrogens with zero attached hydrogens (tertiary/aromatic N) is 3. The number of aromatic nitrogens is 3. The van der Waals surface area contributed by atoms with E-state index in [0.717, 1.165) is 44.1 Å². The molecule has 0 saturated carbocycles. The number of ether oxygens (including phenoxy) is 3. The van der Waals surface area contributed by atoms with Crippen molar-refractivity contribution in [2.24, 2.45) is 0 Å². The van der Waals surface area contributed by atoms with Gasteiger partial charge in [-0.25, -0.2) is 9.78 Å². The number of likely N-dealkylation sites (tertiary alicyclic amines) is 1. The first-order valence-corrected chi connectivity index (χ1v) is 17.9. The number of nitrogens with one attached hydrogen (secondary N) is 2. The normalized spacial score (nSPS) is 20.2. The van der Waals surface area contributed by atoms with Crippen LogP contribution < -0.4 is 5.32 Å². The summed E-state index contributed by atoms with van der Waals surface area (Å²) in [5, 5.41) is 19.6. The topological polar surface area (TPSA) is 156 Å². The number of aliphatic hydroxyl groups excluding tert-OH is 1. The number of carbonyl (C=O) groups excluding carboxylic acids is 3. The molecule has 52 heavy (non-hydrogen) atoms. The Labute approximate surface area is 304 Å². The van der Waals surface area contributed by atoms with Crippen LogP contribution in [0.5, 0.6) is 0 Å². The molecule has 3 N–H and O–H groups in total. The Hall–Kier alpha value is -5.34. The van der Waals surface area contributed by atoms with Crippen LogP contribution in [0.4, 0.5) is 4.79 Å². The number of aromatic amines is 1. The monoisotopic (exact) mass is 719 g/mol. The summed E-state index contributed by atoms with van der Waals surface area (Å²) in [6.07, 6.45) is 0.304. The van der Waals surface area contributed by atoms with Crippen LogP contribution in [0.25, 0.3) is 11.1 Å². The van der Waals surface area contributed by atoms with Gasteiger partial charge in [-0.05, 0) is 39.4 Å². The molecule has 4 unspecified atom stereocenters. The highest BCUT2D eigenvalue weighted by Crippen LogP contribution is 2.39. The molecule has 3 amide bonds. The third-order valence-corrected chi connectivity index (χ3v) is 9.96. The number of imide groups is 1. The van der Waals surface area contributed by atoms with E-state index in [1.165, 1.54) is 23.0 Å². The molecular weight excluding hydrogens is 683 g/mol. The molecule has 0 spiro atoms. The van der Waals surface area contributed by atoms with Crippen LogP contribution in [0, 0.1) is 0 Å². The van der Waals surface area contributed by atoms with Gasteiger partial charge in [0.2, 0.25) is 5.91 Å². The Morgan fingerprint density at radius 1 is 0.904 bits per heavy atom. The standard InChI is InChI=1S/C39H37N5O7S/c45-21-25-9-11-29(12-10-25)34-18-32(23-52-38-40-24-41-43-38)50-37(51-34)30-15-13-28(14-16-30)31-8-4-7-27(17-31)20-44-35(46)19-33(36(44)47)42-39(48)49-22-26-5-2-1-3-6-26/h1-17,24,32-34,37,45H,18-23H2,(H,42,48)(H,40,41,43). The fourth-order valence-electron chi connectivity index (χ4n) is 6.19. The maximum absolute atomic E-state index is 13.1. The fraction of sp³-hybridized carbons (Fsp3) is 0.256. The lowest BCUT2D eigenvalue weighted by Crippen LogP contribution is -2.41. The minimum absolute atomic E-state index is 0.0242. The van der Waals surface area contributed by atoms with Crippen molar-refractivity contribution in [3.8, 4) is 11.1 Å². The Morgan fingerprint density at radius 3 is 2.42 bits per heavy atom. The average Bonchev–Trinajstić information content (AvgIpc) is 3.81. The van der Waals surface area contributed by atoms with Crippen LogP contribution >= 0.6 is 11.8 Å². The van der Waals surface area contributed by atoms with Crippen molar-refractivity contribution in [3.05, 3.63) is 137 Å². The van der Waals surface area contributed by atoms with Crippen molar-refractivity contribution < 1.29 is 33.7 Å². The smallest absolute Gasteiger partial charge is 0.408 e. The third-order valence-electron chi connectivity index (χ3n) is 8.95. The van der Waals surface area contributed by atoms with Gasteiger partial charge >= 0.3 is 6.09 Å². The molecule has 2 saturated heterocycles. The zero-order chi connectivity index (χ0) is 35.9. The van der Waals surface area contributed by atoms with E-state index in [1.54, 1.807) is 0 Å². The average molecular weight is 720 g/mol. The molecule has 3 heterocycles. The number of hydrogen-bond donors (Lipinski definition) is 3. The zero-order valence-corrected chi connectivity index (χ0v) is 28.9. The van der Waals surface area contributed by atoms with Crippen molar-refractivity contribution in [2.45, 2.75) is 62.3 Å². The Morgan fingerprint density at radius 2 is 1.67 bits per heavy atom. The second-order valence-corrected chi connectivity index (χ2v) is 13.6. The lowest BCUT2D eigenvalue weighted by Gasteiger charge is -2.36. The van der Waals surface area contributed by atoms with Crippen molar-refractivity contribution in [2.75, 3.05) is 5.75 Å². The largest absolute Gasteiger partial charge is 0.445 e. The summed E-state index contributed by atoms with van der Waals surface area (Å²) < 4.78 is 18.2. The Balaban J connectivity index is 0.995. The van der Waals surface area contributed by atoms with Crippen molar-refractivity contribution in [1.29, 1.82) is 0 Å². The number of thioether (sulfide) groups is 1. The first kappa shape index (κ1) is 35.1. The molecule has 12 nitrogen and oxygen atoms in total. The van der Waals surface area contributed by atoms with Crippen LogP contribution in [0.2, 0.25) is 0 Å². The highest BCUT2D eigenvalue weighted by Gasteiger charge is 2.40. The number of hydrogen-bond acceptors (Lipinski definition) is 10. The lowest BCUT2D eigenvalue weighted by atomic mass is 9.99. The SMILES string of the molecule is O=C(NC1CC(=O)N(Cc2cccc(-c3ccc(C4OC(CSc5ncn[nH]5)CC(c5ccc(CO)cc5)O4)cc3)c2)C1=O)OCc1ccccc1. The van der Waals surface area contributed by atoms with E-state index < -0.39 is 24.3 Å². The quantitative estimate of drug-likeness (QED) is 0.106. The molecule has 2 aliphatic heterocycles. The first-order chi connectivity index (χ1) is 25.4. The molecule has 266 valence electrons. The second-order valence-electron chi connectivity index (χ2n) is 12.6. The van der Waals surface area contributed by atoms with Gasteiger partial charge < -0.3 is 24.6 Å². The molecule has 1 aromatic heterocycles. The number of benzene rings is 4. The molecule has 13 heteroatoms. The van der Waals surface area contributed by atoms with Gasteiger partial charge in [-0.15, -0.1) is 0 Å². The highest BCUT2D eigenvalue weighted by atomic mass is 32.2. The van der Waals surface area contributed by atoms with Crippen molar-refractivity contribution in [1.82, 2.24) is 25.4 Å². The van der Waals surface area contributed by atoms with Crippen molar-refractivity contribution in [3.63, 3.8) is 0 Å². The van der Waals surface area contributed by atoms with Gasteiger partial charge in [-0.1, -0.05) is 109 Å². The summed E-state index contributed by atoms with van der Waals surface area (Å²) in [6.45, 7) is 0.118. The highest BCUT2D eigenvalue weighted by molar-refractivity contribution is 7.99. The summed E-state index contributed by atoms with van der Waals surface area (Å²) in [4.78, 5) is 43.7. The van der Waals surface area contributed by atoms with E-state index in [4.69, 9.17) is 14.2 Å². The number of H-pyrrole nitrogens is 1. The molecule has 7 rings (SSSR count). The molecule has 2 aliphatic rings. The van der Waals surface area contributed by atoms with E-state index in [9.17, 15) is 19.5 Å². The van der Waals surface area contributed by atoms with Gasteiger partial charge in [0, 0.05) is 17.7 Å². The predicted molar refractivity (Wildman–Crippen MR) is 191 cm³/mol.